The zero-order chi connectivity index (χ0) is 38.9. The molecule has 0 saturated carbocycles. The molecule has 0 radical (unpaired) electrons. The molecule has 2 aliphatic heterocycles. The molecule has 12 rings (SSSR count). The van der Waals surface area contributed by atoms with Crippen LogP contribution in [0.2, 0.25) is 0 Å². The van der Waals surface area contributed by atoms with E-state index in [4.69, 9.17) is 9.39 Å². The zero-order valence-corrected chi connectivity index (χ0v) is 33.1. The molecule has 0 atom stereocenters. The lowest BCUT2D eigenvalue weighted by Crippen LogP contribution is -2.74. The Kier molecular flexibility index (Phi) is 7.65. The van der Waals surface area contributed by atoms with Gasteiger partial charge in [0.15, 0.2) is 8.07 Å². The van der Waals surface area contributed by atoms with Crippen molar-refractivity contribution in [2.24, 2.45) is 0 Å². The minimum atomic E-state index is -2.80. The molecule has 1 aromatic heterocycles. The first-order valence-corrected chi connectivity index (χ1v) is 22.3. The van der Waals surface area contributed by atoms with Crippen molar-refractivity contribution in [1.82, 2.24) is 4.57 Å². The summed E-state index contributed by atoms with van der Waals surface area (Å²) in [5.74, 6) is 2.55. The molecule has 0 bridgehead atoms. The van der Waals surface area contributed by atoms with Crippen molar-refractivity contribution in [3.05, 3.63) is 218 Å². The Morgan fingerprint density at radius 3 is 1.58 bits per heavy atom. The van der Waals surface area contributed by atoms with Gasteiger partial charge in [0.1, 0.15) is 17.2 Å². The van der Waals surface area contributed by atoms with Crippen molar-refractivity contribution in [2.45, 2.75) is 0 Å². The van der Waals surface area contributed by atoms with E-state index in [-0.39, 0.29) is 6.92 Å². The summed E-state index contributed by atoms with van der Waals surface area (Å²) in [5.41, 5.74) is 10.1. The normalized spacial score (nSPS) is 12.6. The number of aromatic nitrogens is 1. The Morgan fingerprint density at radius 1 is 0.390 bits per heavy atom. The van der Waals surface area contributed by atoms with Crippen LogP contribution in [0.15, 0.2) is 218 Å². The van der Waals surface area contributed by atoms with Crippen LogP contribution in [0.3, 0.4) is 0 Å². The van der Waals surface area contributed by atoms with E-state index in [2.05, 4.69) is 211 Å². The van der Waals surface area contributed by atoms with Crippen LogP contribution < -0.4 is 41.1 Å². The SMILES string of the molecule is c1ccc([Si](c2ccccc2)(c2ccccc2)c2ccc3c(c2)-c2cc(-c4ccc(-n5c6ccccc6c6ccccc65)cc4)cc4c2B(O3)c2ccccc2O4)cc1. The molecule has 3 heterocycles. The summed E-state index contributed by atoms with van der Waals surface area (Å²) >= 11 is 0. The number of hydrogen-bond acceptors (Lipinski definition) is 2. The predicted octanol–water partition coefficient (Wildman–Crippen LogP) is 9.10. The lowest BCUT2D eigenvalue weighted by atomic mass is 9.50. The largest absolute Gasteiger partial charge is 0.551 e. The maximum Gasteiger partial charge on any atom is 0.434 e. The fraction of sp³-hybridized carbons (Fsp3) is 0. The Hall–Kier alpha value is -7.34. The van der Waals surface area contributed by atoms with Crippen LogP contribution in [-0.2, 0) is 0 Å². The molecule has 10 aromatic rings. The maximum atomic E-state index is 7.06. The molecule has 3 nitrogen and oxygen atoms in total. The van der Waals surface area contributed by atoms with Gasteiger partial charge < -0.3 is 14.0 Å². The number of nitrogens with zero attached hydrogens (tertiary/aromatic N) is 1. The van der Waals surface area contributed by atoms with E-state index in [1.807, 2.05) is 12.1 Å². The Balaban J connectivity index is 1.06. The van der Waals surface area contributed by atoms with Crippen LogP contribution in [0.25, 0.3) is 49.7 Å². The summed E-state index contributed by atoms with van der Waals surface area (Å²) in [7, 11) is -2.80. The summed E-state index contributed by atoms with van der Waals surface area (Å²) in [4.78, 5) is 0. The molecule has 59 heavy (non-hydrogen) atoms. The van der Waals surface area contributed by atoms with Crippen LogP contribution >= 0.6 is 0 Å². The molecule has 0 fully saturated rings. The number of hydrogen-bond donors (Lipinski definition) is 0. The fourth-order valence-corrected chi connectivity index (χ4v) is 14.6. The van der Waals surface area contributed by atoms with Gasteiger partial charge in [0.25, 0.3) is 0 Å². The van der Waals surface area contributed by atoms with Crippen molar-refractivity contribution < 1.29 is 9.39 Å². The van der Waals surface area contributed by atoms with Crippen LogP contribution in [0.4, 0.5) is 0 Å². The second-order valence-corrected chi connectivity index (χ2v) is 19.4. The van der Waals surface area contributed by atoms with Crippen LogP contribution in [0.5, 0.6) is 17.2 Å². The Morgan fingerprint density at radius 2 is 0.949 bits per heavy atom. The fourth-order valence-electron chi connectivity index (χ4n) is 9.83. The molecule has 0 aliphatic carbocycles. The lowest BCUT2D eigenvalue weighted by molar-refractivity contribution is 0.479. The third kappa shape index (κ3) is 5.15. The topological polar surface area (TPSA) is 23.4 Å². The Labute approximate surface area is 344 Å². The van der Waals surface area contributed by atoms with Gasteiger partial charge in [-0.25, -0.2) is 0 Å². The van der Waals surface area contributed by atoms with Gasteiger partial charge in [-0.3, -0.25) is 0 Å². The Bertz CT molecular complexity index is 3070. The smallest absolute Gasteiger partial charge is 0.434 e. The van der Waals surface area contributed by atoms with E-state index < -0.39 is 8.07 Å². The average Bonchev–Trinajstić information content (AvgIpc) is 3.65. The molecular formula is C54H36BNO2Si. The summed E-state index contributed by atoms with van der Waals surface area (Å²) in [6.45, 7) is -0.283. The van der Waals surface area contributed by atoms with Crippen molar-refractivity contribution in [3.63, 3.8) is 0 Å². The average molecular weight is 770 g/mol. The summed E-state index contributed by atoms with van der Waals surface area (Å²) in [6, 6.07) is 79.4. The van der Waals surface area contributed by atoms with E-state index in [1.54, 1.807) is 0 Å². The molecule has 0 saturated heterocycles. The third-order valence-electron chi connectivity index (χ3n) is 12.4. The minimum Gasteiger partial charge on any atom is -0.551 e. The highest BCUT2D eigenvalue weighted by atomic mass is 28.3. The number of para-hydroxylation sites is 3. The van der Waals surface area contributed by atoms with E-state index in [0.717, 1.165) is 56.1 Å². The summed E-state index contributed by atoms with van der Waals surface area (Å²) in [6.07, 6.45) is 0. The molecule has 2 aliphatic rings. The van der Waals surface area contributed by atoms with Crippen LogP contribution in [0, 0.1) is 0 Å². The van der Waals surface area contributed by atoms with Crippen LogP contribution in [-0.4, -0.2) is 19.6 Å². The van der Waals surface area contributed by atoms with Crippen molar-refractivity contribution in [3.8, 4) is 45.2 Å². The number of benzene rings is 9. The quantitative estimate of drug-likeness (QED) is 0.125. The van der Waals surface area contributed by atoms with Crippen molar-refractivity contribution >= 4 is 68.5 Å². The molecule has 0 N–H and O–H groups in total. The highest BCUT2D eigenvalue weighted by molar-refractivity contribution is 7.20. The number of ether oxygens (including phenoxy) is 1. The maximum absolute atomic E-state index is 7.06. The highest BCUT2D eigenvalue weighted by Gasteiger charge is 2.44. The van der Waals surface area contributed by atoms with Crippen molar-refractivity contribution in [2.75, 3.05) is 0 Å². The van der Waals surface area contributed by atoms with Gasteiger partial charge >= 0.3 is 6.92 Å². The third-order valence-corrected chi connectivity index (χ3v) is 17.2. The molecule has 0 unspecified atom stereocenters. The van der Waals surface area contributed by atoms with Crippen molar-refractivity contribution in [1.29, 1.82) is 0 Å². The highest BCUT2D eigenvalue weighted by Crippen LogP contribution is 2.42. The summed E-state index contributed by atoms with van der Waals surface area (Å²) in [5, 5.41) is 7.82. The first kappa shape index (κ1) is 33.8. The molecule has 276 valence electrons. The van der Waals surface area contributed by atoms with Gasteiger partial charge in [0.2, 0.25) is 0 Å². The number of fused-ring (bicyclic) bond motifs is 7. The molecular weight excluding hydrogens is 733 g/mol. The summed E-state index contributed by atoms with van der Waals surface area (Å²) < 4.78 is 16.2. The zero-order valence-electron chi connectivity index (χ0n) is 32.1. The molecule has 5 heteroatoms. The predicted molar refractivity (Wildman–Crippen MR) is 247 cm³/mol. The standard InChI is InChI=1S/C54H36BNO2Si/c1-4-16-40(17-5-1)59(41-18-6-2-7-19-41,42-20-8-3-9-21-42)43-32-33-51-46(36-43)47-34-38(35-53-54(47)55(58-51)48-24-12-15-27-52(48)57-53)37-28-30-39(31-29-37)56-49-25-13-10-22-44(49)45-23-11-14-26-50(45)56/h1-36H. The number of rotatable bonds is 6. The van der Waals surface area contributed by atoms with Gasteiger partial charge in [0, 0.05) is 32.9 Å². The van der Waals surface area contributed by atoms with Gasteiger partial charge in [-0.2, -0.15) is 0 Å². The van der Waals surface area contributed by atoms with E-state index in [9.17, 15) is 0 Å². The first-order chi connectivity index (χ1) is 29.3. The monoisotopic (exact) mass is 769 g/mol. The second-order valence-electron chi connectivity index (χ2n) is 15.5. The van der Waals surface area contributed by atoms with E-state index in [1.165, 1.54) is 42.6 Å². The van der Waals surface area contributed by atoms with Gasteiger partial charge in [0.05, 0.1) is 11.0 Å². The molecule has 0 spiro atoms. The second kappa shape index (κ2) is 13.4. The van der Waals surface area contributed by atoms with Gasteiger partial charge in [-0.1, -0.05) is 170 Å². The van der Waals surface area contributed by atoms with E-state index >= 15 is 0 Å². The first-order valence-electron chi connectivity index (χ1n) is 20.3. The lowest BCUT2D eigenvalue weighted by Gasteiger charge is -2.37. The van der Waals surface area contributed by atoms with E-state index in [0.29, 0.717) is 0 Å². The molecule has 0 amide bonds. The minimum absolute atomic E-state index is 0.283. The van der Waals surface area contributed by atoms with Gasteiger partial charge in [-0.05, 0) is 86.0 Å². The van der Waals surface area contributed by atoms with Crippen LogP contribution in [0.1, 0.15) is 0 Å². The van der Waals surface area contributed by atoms with Gasteiger partial charge in [-0.15, -0.1) is 0 Å². The molecule has 9 aromatic carbocycles.